The van der Waals surface area contributed by atoms with Gasteiger partial charge in [0.25, 0.3) is 0 Å². The van der Waals surface area contributed by atoms with Crippen LogP contribution in [0.15, 0.2) is 53.1 Å². The lowest BCUT2D eigenvalue weighted by Crippen LogP contribution is -2.25. The third-order valence-electron chi connectivity index (χ3n) is 6.83. The van der Waals surface area contributed by atoms with Gasteiger partial charge in [-0.2, -0.15) is 0 Å². The molecule has 2 heteroatoms. The van der Waals surface area contributed by atoms with Crippen LogP contribution >= 0.6 is 0 Å². The number of allylic oxidation sites excluding steroid dienone is 6. The van der Waals surface area contributed by atoms with Crippen LogP contribution in [0, 0.1) is 5.41 Å². The fraction of sp³-hybridized carbons (Fsp3) is 0.613. The van der Waals surface area contributed by atoms with Crippen molar-refractivity contribution in [2.75, 3.05) is 0 Å². The third-order valence-corrected chi connectivity index (χ3v) is 8.17. The Morgan fingerprint density at radius 1 is 0.939 bits per heavy atom. The Kier molecular flexibility index (Phi) is 10.7. The summed E-state index contributed by atoms with van der Waals surface area (Å²) >= 11 is 0. The van der Waals surface area contributed by atoms with Crippen molar-refractivity contribution in [1.29, 1.82) is 0 Å². The highest BCUT2D eigenvalue weighted by molar-refractivity contribution is 6.32. The Morgan fingerprint density at radius 3 is 2.21 bits per heavy atom. The number of benzene rings is 1. The highest BCUT2D eigenvalue weighted by Gasteiger charge is 2.29. The molecule has 0 saturated carbocycles. The van der Waals surface area contributed by atoms with Crippen molar-refractivity contribution in [2.45, 2.75) is 118 Å². The van der Waals surface area contributed by atoms with Crippen LogP contribution in [-0.4, -0.2) is 9.76 Å². The second kappa shape index (κ2) is 12.8. The number of hydrogen-bond acceptors (Lipinski definition) is 1. The van der Waals surface area contributed by atoms with Gasteiger partial charge in [0.05, 0.1) is 0 Å². The minimum atomic E-state index is -0.545. The topological polar surface area (TPSA) is 9.23 Å². The molecule has 0 radical (unpaired) electrons. The molecule has 0 bridgehead atoms. The monoisotopic (exact) mass is 466 g/mol. The van der Waals surface area contributed by atoms with E-state index in [0.717, 1.165) is 5.75 Å². The van der Waals surface area contributed by atoms with E-state index in [9.17, 15) is 0 Å². The predicted molar refractivity (Wildman–Crippen MR) is 150 cm³/mol. The van der Waals surface area contributed by atoms with Crippen LogP contribution in [0.3, 0.4) is 0 Å². The summed E-state index contributed by atoms with van der Waals surface area (Å²) in [7, 11) is -0.545. The first-order valence-corrected chi connectivity index (χ1v) is 14.4. The van der Waals surface area contributed by atoms with Gasteiger partial charge in [0.2, 0.25) is 9.76 Å². The van der Waals surface area contributed by atoms with E-state index in [0.29, 0.717) is 10.5 Å². The molecule has 0 saturated heterocycles. The van der Waals surface area contributed by atoms with Gasteiger partial charge in [0.1, 0.15) is 5.75 Å². The van der Waals surface area contributed by atoms with Crippen LogP contribution in [-0.2, 0) is 12.8 Å². The lowest BCUT2D eigenvalue weighted by atomic mass is 9.70. The van der Waals surface area contributed by atoms with Crippen molar-refractivity contribution in [1.82, 2.24) is 0 Å². The summed E-state index contributed by atoms with van der Waals surface area (Å²) in [5.41, 5.74) is 7.99. The van der Waals surface area contributed by atoms with E-state index in [1.807, 2.05) is 0 Å². The summed E-state index contributed by atoms with van der Waals surface area (Å²) in [5.74, 6) is 1.10. The smallest absolute Gasteiger partial charge is 0.224 e. The van der Waals surface area contributed by atoms with Gasteiger partial charge >= 0.3 is 0 Å². The van der Waals surface area contributed by atoms with E-state index < -0.39 is 9.76 Å². The second-order valence-electron chi connectivity index (χ2n) is 12.3. The third kappa shape index (κ3) is 11.0. The van der Waals surface area contributed by atoms with Crippen LogP contribution in [0.5, 0.6) is 5.75 Å². The maximum Gasteiger partial charge on any atom is 0.224 e. The normalized spacial score (nSPS) is 19.6. The summed E-state index contributed by atoms with van der Waals surface area (Å²) in [6, 6.07) is 6.88. The van der Waals surface area contributed by atoms with Gasteiger partial charge in [-0.25, -0.2) is 0 Å². The first-order chi connectivity index (χ1) is 15.5. The molecule has 1 unspecified atom stereocenters. The number of fused-ring (bicyclic) bond motifs is 1. The number of aryl methyl sites for hydroxylation is 1. The Balaban J connectivity index is 1.79. The lowest BCUT2D eigenvalue weighted by Gasteiger charge is -2.35. The molecule has 0 amide bonds. The van der Waals surface area contributed by atoms with Gasteiger partial charge in [0, 0.05) is 0 Å². The second-order valence-corrected chi connectivity index (χ2v) is 15.0. The lowest BCUT2D eigenvalue weighted by molar-refractivity contribution is 0.257. The van der Waals surface area contributed by atoms with Gasteiger partial charge in [0.15, 0.2) is 0 Å². The molecular formula is C31H50OSi. The molecule has 0 aliphatic heterocycles. The minimum absolute atomic E-state index is 0.334. The Bertz CT molecular complexity index is 848. The largest absolute Gasteiger partial charge is 0.549 e. The standard InChI is InChI=1S/C31H50OSi/c1-24(2)12-9-13-25(3)14-10-15-26(4)16-11-20-31(8)21-19-27-22-29(18-17-28(27)23-31)32-33-30(5,6)7/h12,14,16-18,22H,9-11,13,15,19-21,23,33H2,1-8H3/b25-14+,26-16+. The highest BCUT2D eigenvalue weighted by atomic mass is 28.2. The van der Waals surface area contributed by atoms with Crippen molar-refractivity contribution in [3.63, 3.8) is 0 Å². The average Bonchev–Trinajstić information content (AvgIpc) is 2.71. The van der Waals surface area contributed by atoms with E-state index in [-0.39, 0.29) is 0 Å². The molecule has 0 spiro atoms. The number of rotatable bonds is 11. The Labute approximate surface area is 207 Å². The summed E-state index contributed by atoms with van der Waals surface area (Å²) < 4.78 is 6.18. The quantitative estimate of drug-likeness (QED) is 0.233. The zero-order chi connectivity index (χ0) is 24.5. The van der Waals surface area contributed by atoms with Crippen molar-refractivity contribution in [3.05, 3.63) is 64.3 Å². The molecule has 0 fully saturated rings. The first-order valence-electron chi connectivity index (χ1n) is 13.2. The predicted octanol–water partition coefficient (Wildman–Crippen LogP) is 9.06. The van der Waals surface area contributed by atoms with Crippen molar-refractivity contribution < 1.29 is 4.43 Å². The Morgan fingerprint density at radius 2 is 1.58 bits per heavy atom. The molecule has 1 aromatic carbocycles. The molecule has 0 N–H and O–H groups in total. The molecular weight excluding hydrogens is 416 g/mol. The highest BCUT2D eigenvalue weighted by Crippen LogP contribution is 2.40. The van der Waals surface area contributed by atoms with Crippen LogP contribution in [0.4, 0.5) is 0 Å². The molecule has 1 atom stereocenters. The maximum atomic E-state index is 6.18. The average molecular weight is 467 g/mol. The van der Waals surface area contributed by atoms with Gasteiger partial charge in [-0.3, -0.25) is 0 Å². The summed E-state index contributed by atoms with van der Waals surface area (Å²) in [6.07, 6.45) is 18.2. The van der Waals surface area contributed by atoms with Crippen molar-refractivity contribution in [3.8, 4) is 5.75 Å². The number of hydrogen-bond donors (Lipinski definition) is 0. The van der Waals surface area contributed by atoms with E-state index in [1.54, 1.807) is 11.1 Å². The summed E-state index contributed by atoms with van der Waals surface area (Å²) in [5, 5.41) is 0.334. The zero-order valence-corrected chi connectivity index (χ0v) is 24.4. The molecule has 184 valence electrons. The SMILES string of the molecule is CC(C)=CCC/C(C)=C/CC/C(C)=C/CCC1(C)CCc2cc(O[SiH2]C(C)(C)C)ccc2C1. The zero-order valence-electron chi connectivity index (χ0n) is 22.9. The molecule has 1 nitrogen and oxygen atoms in total. The molecule has 1 aromatic rings. The van der Waals surface area contributed by atoms with Gasteiger partial charge < -0.3 is 4.43 Å². The fourth-order valence-corrected chi connectivity index (χ4v) is 5.38. The van der Waals surface area contributed by atoms with Gasteiger partial charge in [-0.1, -0.05) is 68.7 Å². The molecule has 0 aromatic heterocycles. The van der Waals surface area contributed by atoms with Gasteiger partial charge in [-0.05, 0) is 119 Å². The summed E-state index contributed by atoms with van der Waals surface area (Å²) in [4.78, 5) is 0. The van der Waals surface area contributed by atoms with E-state index in [2.05, 4.69) is 91.8 Å². The van der Waals surface area contributed by atoms with Crippen molar-refractivity contribution in [2.24, 2.45) is 5.41 Å². The summed E-state index contributed by atoms with van der Waals surface area (Å²) in [6.45, 7) is 18.3. The molecule has 2 rings (SSSR count). The molecule has 1 aliphatic carbocycles. The maximum absolute atomic E-state index is 6.18. The van der Waals surface area contributed by atoms with Gasteiger partial charge in [-0.15, -0.1) is 0 Å². The van der Waals surface area contributed by atoms with Crippen LogP contribution in [0.2, 0.25) is 5.04 Å². The molecule has 1 aliphatic rings. The van der Waals surface area contributed by atoms with Crippen LogP contribution < -0.4 is 4.43 Å². The van der Waals surface area contributed by atoms with E-state index >= 15 is 0 Å². The molecule has 0 heterocycles. The molecule has 33 heavy (non-hydrogen) atoms. The first kappa shape index (κ1) is 27.7. The van der Waals surface area contributed by atoms with E-state index in [4.69, 9.17) is 4.43 Å². The Hall–Kier alpha value is -1.54. The van der Waals surface area contributed by atoms with Crippen molar-refractivity contribution >= 4 is 9.76 Å². The van der Waals surface area contributed by atoms with E-state index in [1.165, 1.54) is 74.5 Å². The van der Waals surface area contributed by atoms with Crippen LogP contribution in [0.25, 0.3) is 0 Å². The van der Waals surface area contributed by atoms with Crippen LogP contribution in [0.1, 0.15) is 111 Å². The minimum Gasteiger partial charge on any atom is -0.549 e. The fourth-order valence-electron chi connectivity index (χ4n) is 4.60.